The van der Waals surface area contributed by atoms with Gasteiger partial charge in [0.15, 0.2) is 0 Å². The van der Waals surface area contributed by atoms with E-state index in [0.717, 1.165) is 24.9 Å². The molecule has 0 bridgehead atoms. The third-order valence-electron chi connectivity index (χ3n) is 6.69. The zero-order valence-electron chi connectivity index (χ0n) is 21.1. The van der Waals surface area contributed by atoms with E-state index in [1.165, 1.54) is 24.5 Å². The first-order chi connectivity index (χ1) is 19.2. The lowest BCUT2D eigenvalue weighted by Gasteiger charge is -2.33. The van der Waals surface area contributed by atoms with Crippen LogP contribution in [-0.2, 0) is 11.3 Å². The van der Waals surface area contributed by atoms with Crippen molar-refractivity contribution in [1.82, 2.24) is 20.4 Å². The SMILES string of the molecule is N#Cc1ccccc1CN1CCC[C@@H](NC(=O)c2ccc3[nH]nc(-c4cc[n+](OC(=O)C(F)(F)F)cc4)c3c2)C1. The normalized spacial score (nSPS) is 15.9. The molecule has 2 N–H and O–H groups in total. The Labute approximate surface area is 226 Å². The number of nitrogens with one attached hydrogen (secondary N) is 2. The van der Waals surface area contributed by atoms with E-state index < -0.39 is 12.1 Å². The minimum atomic E-state index is -5.11. The zero-order valence-corrected chi connectivity index (χ0v) is 21.1. The fourth-order valence-electron chi connectivity index (χ4n) is 4.75. The number of carbonyl (C=O) groups excluding carboxylic acids is 2. The van der Waals surface area contributed by atoms with Crippen molar-refractivity contribution >= 4 is 22.8 Å². The number of H-pyrrole nitrogens is 1. The molecule has 2 aromatic heterocycles. The van der Waals surface area contributed by atoms with Gasteiger partial charge in [-0.25, -0.2) is 4.79 Å². The maximum atomic E-state index is 13.2. The van der Waals surface area contributed by atoms with Crippen molar-refractivity contribution in [3.8, 4) is 17.3 Å². The Hall–Kier alpha value is -4.76. The van der Waals surface area contributed by atoms with E-state index in [1.54, 1.807) is 24.3 Å². The standard InChI is InChI=1S/C28H23F3N6O3/c29-28(30,31)27(39)40-37-12-9-18(10-13-37)25-23-14-19(7-8-24(23)34-35-25)26(38)33-22-6-3-11-36(17-22)16-21-5-2-1-4-20(21)15-32/h1-2,4-5,7-10,12-14,22H,3,6,11,16-17H2,(H,33,38)/p+1/t22-/m1/s1. The highest BCUT2D eigenvalue weighted by Crippen LogP contribution is 2.27. The summed E-state index contributed by atoms with van der Waals surface area (Å²) in [7, 11) is 0. The summed E-state index contributed by atoms with van der Waals surface area (Å²) in [5.74, 6) is -2.57. The topological polar surface area (TPSA) is 115 Å². The average molecular weight is 550 g/mol. The fraction of sp³-hybridized carbons (Fsp3) is 0.250. The summed E-state index contributed by atoms with van der Waals surface area (Å²) in [5, 5.41) is 20.3. The number of carbonyl (C=O) groups is 2. The van der Waals surface area contributed by atoms with Crippen molar-refractivity contribution in [2.75, 3.05) is 13.1 Å². The Morgan fingerprint density at radius 3 is 2.70 bits per heavy atom. The number of alkyl halides is 3. The molecule has 12 heteroatoms. The second-order valence-corrected chi connectivity index (χ2v) is 9.47. The number of likely N-dealkylation sites (tertiary alicyclic amines) is 1. The number of benzene rings is 2. The molecule has 0 saturated carbocycles. The molecule has 0 aliphatic carbocycles. The smallest absolute Gasteiger partial charge is 0.348 e. The number of aromatic nitrogens is 3. The van der Waals surface area contributed by atoms with Crippen molar-refractivity contribution in [3.63, 3.8) is 0 Å². The lowest BCUT2D eigenvalue weighted by atomic mass is 10.0. The molecular weight excluding hydrogens is 525 g/mol. The van der Waals surface area contributed by atoms with Crippen LogP contribution in [0.1, 0.15) is 34.3 Å². The van der Waals surface area contributed by atoms with E-state index in [9.17, 15) is 28.0 Å². The van der Waals surface area contributed by atoms with E-state index >= 15 is 0 Å². The van der Waals surface area contributed by atoms with Crippen LogP contribution in [0.3, 0.4) is 0 Å². The second-order valence-electron chi connectivity index (χ2n) is 9.47. The van der Waals surface area contributed by atoms with Gasteiger partial charge in [-0.15, -0.1) is 0 Å². The van der Waals surface area contributed by atoms with Crippen LogP contribution in [0.4, 0.5) is 13.2 Å². The molecule has 0 spiro atoms. The molecule has 4 aromatic rings. The fourth-order valence-corrected chi connectivity index (χ4v) is 4.75. The predicted octanol–water partition coefficient (Wildman–Crippen LogP) is 3.30. The summed E-state index contributed by atoms with van der Waals surface area (Å²) in [6, 6.07) is 17.7. The summed E-state index contributed by atoms with van der Waals surface area (Å²) in [6.45, 7) is 2.17. The van der Waals surface area contributed by atoms with Crippen LogP contribution in [0.2, 0.25) is 0 Å². The van der Waals surface area contributed by atoms with Crippen LogP contribution in [0.5, 0.6) is 0 Å². The van der Waals surface area contributed by atoms with Crippen molar-refractivity contribution in [2.24, 2.45) is 0 Å². The number of amides is 1. The van der Waals surface area contributed by atoms with Crippen molar-refractivity contribution in [2.45, 2.75) is 31.6 Å². The second kappa shape index (κ2) is 11.2. The average Bonchev–Trinajstić information content (AvgIpc) is 3.37. The van der Waals surface area contributed by atoms with Crippen LogP contribution in [0.25, 0.3) is 22.2 Å². The quantitative estimate of drug-likeness (QED) is 0.357. The molecule has 1 amide bonds. The number of piperidine rings is 1. The summed E-state index contributed by atoms with van der Waals surface area (Å²) < 4.78 is 38.0. The van der Waals surface area contributed by atoms with E-state index in [0.29, 0.717) is 51.1 Å². The van der Waals surface area contributed by atoms with Crippen LogP contribution >= 0.6 is 0 Å². The molecule has 40 heavy (non-hydrogen) atoms. The predicted molar refractivity (Wildman–Crippen MR) is 136 cm³/mol. The van der Waals surface area contributed by atoms with Gasteiger partial charge < -0.3 is 5.32 Å². The Bertz CT molecular complexity index is 1590. The van der Waals surface area contributed by atoms with Gasteiger partial charge in [0.1, 0.15) is 5.69 Å². The first-order valence-electron chi connectivity index (χ1n) is 12.5. The number of rotatable bonds is 6. The lowest BCUT2D eigenvalue weighted by Crippen LogP contribution is -2.49. The minimum Gasteiger partial charge on any atom is -0.348 e. The monoisotopic (exact) mass is 549 g/mol. The molecule has 1 saturated heterocycles. The molecule has 0 unspecified atom stereocenters. The molecule has 2 aromatic carbocycles. The van der Waals surface area contributed by atoms with E-state index in [2.05, 4.69) is 31.3 Å². The summed E-state index contributed by atoms with van der Waals surface area (Å²) in [5.41, 5.74) is 3.75. The highest BCUT2D eigenvalue weighted by Gasteiger charge is 2.44. The molecule has 5 rings (SSSR count). The van der Waals surface area contributed by atoms with Gasteiger partial charge in [-0.2, -0.15) is 28.4 Å². The number of fused-ring (bicyclic) bond motifs is 1. The molecule has 0 radical (unpaired) electrons. The number of nitrogens with zero attached hydrogens (tertiary/aromatic N) is 4. The molecule has 1 fully saturated rings. The molecular formula is C28H24F3N6O3+. The largest absolute Gasteiger partial charge is 0.498 e. The van der Waals surface area contributed by atoms with Gasteiger partial charge in [-0.3, -0.25) is 14.8 Å². The van der Waals surface area contributed by atoms with Gasteiger partial charge in [0.2, 0.25) is 12.4 Å². The van der Waals surface area contributed by atoms with Gasteiger partial charge in [0.25, 0.3) is 5.91 Å². The Morgan fingerprint density at radius 2 is 1.95 bits per heavy atom. The molecule has 9 nitrogen and oxygen atoms in total. The van der Waals surface area contributed by atoms with Gasteiger partial charge in [0.05, 0.1) is 17.1 Å². The lowest BCUT2D eigenvalue weighted by molar-refractivity contribution is -0.870. The Balaban J connectivity index is 1.27. The third kappa shape index (κ3) is 5.94. The Morgan fingerprint density at radius 1 is 1.18 bits per heavy atom. The first kappa shape index (κ1) is 26.8. The van der Waals surface area contributed by atoms with Gasteiger partial charge in [-0.05, 0) is 49.2 Å². The highest BCUT2D eigenvalue weighted by atomic mass is 19.4. The molecule has 204 valence electrons. The van der Waals surface area contributed by atoms with E-state index in [1.807, 2.05) is 18.2 Å². The van der Waals surface area contributed by atoms with E-state index in [4.69, 9.17) is 0 Å². The van der Waals surface area contributed by atoms with Gasteiger partial charge in [0, 0.05) is 52.5 Å². The number of hydrogen-bond acceptors (Lipinski definition) is 6. The first-order valence-corrected chi connectivity index (χ1v) is 12.5. The highest BCUT2D eigenvalue weighted by molar-refractivity contribution is 6.01. The number of aromatic amines is 1. The van der Waals surface area contributed by atoms with Crippen LogP contribution < -0.4 is 14.9 Å². The van der Waals surface area contributed by atoms with Crippen molar-refractivity contribution in [3.05, 3.63) is 83.7 Å². The summed E-state index contributed by atoms with van der Waals surface area (Å²) in [4.78, 5) is 30.7. The molecule has 1 aliphatic rings. The van der Waals surface area contributed by atoms with Crippen molar-refractivity contribution in [1.29, 1.82) is 5.26 Å². The van der Waals surface area contributed by atoms with Crippen LogP contribution in [0, 0.1) is 11.3 Å². The maximum absolute atomic E-state index is 13.2. The van der Waals surface area contributed by atoms with Crippen molar-refractivity contribution < 1.29 is 32.3 Å². The summed E-state index contributed by atoms with van der Waals surface area (Å²) in [6.07, 6.45) is -1.03. The number of halogens is 3. The minimum absolute atomic E-state index is 0.0565. The zero-order chi connectivity index (χ0) is 28.3. The number of nitriles is 1. The van der Waals surface area contributed by atoms with Gasteiger partial charge >= 0.3 is 12.1 Å². The third-order valence-corrected chi connectivity index (χ3v) is 6.69. The summed E-state index contributed by atoms with van der Waals surface area (Å²) >= 11 is 0. The molecule has 1 aliphatic heterocycles. The van der Waals surface area contributed by atoms with Crippen LogP contribution in [-0.4, -0.2) is 52.3 Å². The number of hydrogen-bond donors (Lipinski definition) is 2. The number of pyridine rings is 1. The van der Waals surface area contributed by atoms with E-state index in [-0.39, 0.29) is 11.9 Å². The molecule has 1 atom stereocenters. The Kier molecular flexibility index (Phi) is 7.48. The van der Waals surface area contributed by atoms with Gasteiger partial charge in [-0.1, -0.05) is 18.2 Å². The molecule has 3 heterocycles. The van der Waals surface area contributed by atoms with Crippen LogP contribution in [0.15, 0.2) is 67.0 Å². The maximum Gasteiger partial charge on any atom is 0.498 e.